The van der Waals surface area contributed by atoms with Gasteiger partial charge in [0.05, 0.1) is 5.56 Å². The Morgan fingerprint density at radius 2 is 2.11 bits per heavy atom. The van der Waals surface area contributed by atoms with E-state index in [4.69, 9.17) is 0 Å². The van der Waals surface area contributed by atoms with Crippen LogP contribution in [0.4, 0.5) is 18.9 Å². The van der Waals surface area contributed by atoms with Crippen LogP contribution in [0.3, 0.4) is 0 Å². The molecule has 5 heteroatoms. The van der Waals surface area contributed by atoms with Crippen LogP contribution in [0.2, 0.25) is 0 Å². The van der Waals surface area contributed by atoms with Crippen molar-refractivity contribution in [2.24, 2.45) is 0 Å². The van der Waals surface area contributed by atoms with Gasteiger partial charge in [-0.1, -0.05) is 6.07 Å². The summed E-state index contributed by atoms with van der Waals surface area (Å²) in [7, 11) is 0. The highest BCUT2D eigenvalue weighted by Crippen LogP contribution is 2.37. The molecule has 2 aliphatic rings. The third kappa shape index (κ3) is 1.96. The molecule has 1 aromatic rings. The lowest BCUT2D eigenvalue weighted by Crippen LogP contribution is -2.53. The number of benzene rings is 1. The summed E-state index contributed by atoms with van der Waals surface area (Å²) in [5, 5.41) is 3.30. The fourth-order valence-corrected chi connectivity index (χ4v) is 2.88. The minimum Gasteiger partial charge on any atom is -0.366 e. The monoisotopic (exact) mass is 256 g/mol. The van der Waals surface area contributed by atoms with E-state index in [1.807, 2.05) is 0 Å². The normalized spacial score (nSPS) is 23.5. The number of piperazine rings is 1. The molecule has 0 saturated carbocycles. The highest BCUT2D eigenvalue weighted by Gasteiger charge is 2.34. The molecular weight excluding hydrogens is 241 g/mol. The number of hydrogen-bond acceptors (Lipinski definition) is 2. The van der Waals surface area contributed by atoms with Gasteiger partial charge < -0.3 is 10.2 Å². The topological polar surface area (TPSA) is 15.3 Å². The SMILES string of the molecule is FC(F)(F)c1ccc2c(c1)N1CCNC[C@H]1CC2. The smallest absolute Gasteiger partial charge is 0.366 e. The summed E-state index contributed by atoms with van der Waals surface area (Å²) in [6.45, 7) is 2.50. The fourth-order valence-electron chi connectivity index (χ4n) is 2.88. The van der Waals surface area contributed by atoms with Crippen molar-refractivity contribution in [3.8, 4) is 0 Å². The van der Waals surface area contributed by atoms with E-state index in [2.05, 4.69) is 10.2 Å². The molecule has 1 N–H and O–H groups in total. The number of nitrogens with zero attached hydrogens (tertiary/aromatic N) is 1. The maximum absolute atomic E-state index is 12.8. The first kappa shape index (κ1) is 11.8. The molecule has 2 aliphatic heterocycles. The Labute approximate surface area is 104 Å². The summed E-state index contributed by atoms with van der Waals surface area (Å²) in [6, 6.07) is 4.49. The molecule has 1 fully saturated rings. The maximum atomic E-state index is 12.8. The number of anilines is 1. The van der Waals surface area contributed by atoms with Crippen LogP contribution >= 0.6 is 0 Å². The predicted molar refractivity (Wildman–Crippen MR) is 63.8 cm³/mol. The van der Waals surface area contributed by atoms with E-state index in [0.717, 1.165) is 43.7 Å². The van der Waals surface area contributed by atoms with Crippen LogP contribution in [0.15, 0.2) is 18.2 Å². The fraction of sp³-hybridized carbons (Fsp3) is 0.538. The Kier molecular flexibility index (Phi) is 2.73. The highest BCUT2D eigenvalue weighted by molar-refractivity contribution is 5.59. The minimum atomic E-state index is -4.25. The van der Waals surface area contributed by atoms with Crippen molar-refractivity contribution < 1.29 is 13.2 Å². The standard InChI is InChI=1S/C13H15F3N2/c14-13(15,16)10-3-1-9-2-4-11-8-17-5-6-18(11)12(9)7-10/h1,3,7,11,17H,2,4-6,8H2/t11-/m1/s1. The van der Waals surface area contributed by atoms with Gasteiger partial charge in [0.1, 0.15) is 0 Å². The first-order valence-corrected chi connectivity index (χ1v) is 6.23. The minimum absolute atomic E-state index is 0.342. The summed E-state index contributed by atoms with van der Waals surface area (Å²) < 4.78 is 38.3. The average molecular weight is 256 g/mol. The van der Waals surface area contributed by atoms with Gasteiger partial charge in [-0.15, -0.1) is 0 Å². The van der Waals surface area contributed by atoms with Crippen molar-refractivity contribution in [1.82, 2.24) is 5.32 Å². The Hall–Kier alpha value is -1.23. The first-order valence-electron chi connectivity index (χ1n) is 6.23. The lowest BCUT2D eigenvalue weighted by molar-refractivity contribution is -0.137. The zero-order valence-corrected chi connectivity index (χ0v) is 9.93. The third-order valence-corrected chi connectivity index (χ3v) is 3.82. The number of nitrogens with one attached hydrogen (secondary N) is 1. The number of halogens is 3. The summed E-state index contributed by atoms with van der Waals surface area (Å²) >= 11 is 0. The second-order valence-electron chi connectivity index (χ2n) is 4.93. The molecule has 2 nitrogen and oxygen atoms in total. The Bertz CT molecular complexity index is 456. The van der Waals surface area contributed by atoms with Gasteiger partial charge in [0.15, 0.2) is 0 Å². The summed E-state index contributed by atoms with van der Waals surface area (Å²) in [6.07, 6.45) is -2.36. The van der Waals surface area contributed by atoms with Crippen molar-refractivity contribution in [1.29, 1.82) is 0 Å². The molecular formula is C13H15F3N2. The zero-order chi connectivity index (χ0) is 12.8. The molecule has 0 aliphatic carbocycles. The Morgan fingerprint density at radius 1 is 1.28 bits per heavy atom. The Balaban J connectivity index is 2.00. The van der Waals surface area contributed by atoms with Crippen molar-refractivity contribution in [2.75, 3.05) is 24.5 Å². The van der Waals surface area contributed by atoms with E-state index >= 15 is 0 Å². The molecule has 3 rings (SSSR count). The molecule has 1 atom stereocenters. The van der Waals surface area contributed by atoms with Gasteiger partial charge in [0, 0.05) is 31.4 Å². The van der Waals surface area contributed by atoms with Crippen LogP contribution < -0.4 is 10.2 Å². The largest absolute Gasteiger partial charge is 0.416 e. The lowest BCUT2D eigenvalue weighted by atomic mass is 9.93. The van der Waals surface area contributed by atoms with Gasteiger partial charge in [0.25, 0.3) is 0 Å². The van der Waals surface area contributed by atoms with Crippen LogP contribution in [-0.2, 0) is 12.6 Å². The van der Waals surface area contributed by atoms with Gasteiger partial charge in [-0.2, -0.15) is 13.2 Å². The summed E-state index contributed by atoms with van der Waals surface area (Å²) in [5.41, 5.74) is 1.28. The Morgan fingerprint density at radius 3 is 2.89 bits per heavy atom. The molecule has 98 valence electrons. The number of fused-ring (bicyclic) bond motifs is 3. The van der Waals surface area contributed by atoms with Crippen LogP contribution in [0.1, 0.15) is 17.5 Å². The number of alkyl halides is 3. The molecule has 18 heavy (non-hydrogen) atoms. The van der Waals surface area contributed by atoms with Crippen LogP contribution in [0, 0.1) is 0 Å². The average Bonchev–Trinajstić information content (AvgIpc) is 2.37. The van der Waals surface area contributed by atoms with Crippen molar-refractivity contribution >= 4 is 5.69 Å². The van der Waals surface area contributed by atoms with Gasteiger partial charge in [-0.05, 0) is 30.5 Å². The van der Waals surface area contributed by atoms with E-state index in [1.165, 1.54) is 12.1 Å². The van der Waals surface area contributed by atoms with Gasteiger partial charge in [-0.25, -0.2) is 0 Å². The van der Waals surface area contributed by atoms with E-state index in [-0.39, 0.29) is 0 Å². The molecule has 1 aromatic carbocycles. The molecule has 0 unspecified atom stereocenters. The van der Waals surface area contributed by atoms with E-state index < -0.39 is 11.7 Å². The summed E-state index contributed by atoms with van der Waals surface area (Å²) in [5.74, 6) is 0. The number of aryl methyl sites for hydroxylation is 1. The van der Waals surface area contributed by atoms with Crippen molar-refractivity contribution in [3.63, 3.8) is 0 Å². The number of hydrogen-bond donors (Lipinski definition) is 1. The molecule has 0 aromatic heterocycles. The van der Waals surface area contributed by atoms with E-state index in [1.54, 1.807) is 6.07 Å². The van der Waals surface area contributed by atoms with Crippen LogP contribution in [-0.4, -0.2) is 25.7 Å². The van der Waals surface area contributed by atoms with Gasteiger partial charge in [0.2, 0.25) is 0 Å². The maximum Gasteiger partial charge on any atom is 0.416 e. The van der Waals surface area contributed by atoms with Crippen LogP contribution in [0.5, 0.6) is 0 Å². The zero-order valence-electron chi connectivity index (χ0n) is 9.93. The second kappa shape index (κ2) is 4.16. The molecule has 0 radical (unpaired) electrons. The number of rotatable bonds is 0. The van der Waals surface area contributed by atoms with E-state index in [9.17, 15) is 13.2 Å². The molecule has 1 saturated heterocycles. The molecule has 0 amide bonds. The second-order valence-corrected chi connectivity index (χ2v) is 4.93. The first-order chi connectivity index (χ1) is 8.55. The predicted octanol–water partition coefficient (Wildman–Crippen LogP) is 2.43. The molecule has 0 spiro atoms. The van der Waals surface area contributed by atoms with Gasteiger partial charge >= 0.3 is 6.18 Å². The quantitative estimate of drug-likeness (QED) is 0.767. The van der Waals surface area contributed by atoms with Crippen molar-refractivity contribution in [2.45, 2.75) is 25.1 Å². The van der Waals surface area contributed by atoms with E-state index in [0.29, 0.717) is 6.04 Å². The highest BCUT2D eigenvalue weighted by atomic mass is 19.4. The summed E-state index contributed by atoms with van der Waals surface area (Å²) in [4.78, 5) is 2.13. The van der Waals surface area contributed by atoms with Crippen molar-refractivity contribution in [3.05, 3.63) is 29.3 Å². The lowest BCUT2D eigenvalue weighted by Gasteiger charge is -2.42. The molecule has 2 heterocycles. The van der Waals surface area contributed by atoms with Gasteiger partial charge in [-0.3, -0.25) is 0 Å². The third-order valence-electron chi connectivity index (χ3n) is 3.82. The van der Waals surface area contributed by atoms with Crippen LogP contribution in [0.25, 0.3) is 0 Å². The molecule has 0 bridgehead atoms.